The number of nitro benzene ring substituents is 1. The molecule has 2 aromatic rings. The van der Waals surface area contributed by atoms with Crippen molar-refractivity contribution in [2.45, 2.75) is 6.61 Å². The Morgan fingerprint density at radius 3 is 2.74 bits per heavy atom. The topological polar surface area (TPSA) is 78.4 Å². The van der Waals surface area contributed by atoms with Gasteiger partial charge >= 0.3 is 0 Å². The molecule has 0 radical (unpaired) electrons. The Morgan fingerprint density at radius 2 is 2.05 bits per heavy atom. The van der Waals surface area contributed by atoms with Gasteiger partial charge in [0.05, 0.1) is 10.5 Å². The quantitative estimate of drug-likeness (QED) is 0.530. The summed E-state index contributed by atoms with van der Waals surface area (Å²) in [4.78, 5) is 10.5. The zero-order chi connectivity index (χ0) is 13.8. The predicted octanol–water partition coefficient (Wildman–Crippen LogP) is 3.52. The van der Waals surface area contributed by atoms with Crippen molar-refractivity contribution >= 4 is 27.3 Å². The third-order valence-electron chi connectivity index (χ3n) is 2.50. The number of anilines is 1. The van der Waals surface area contributed by atoms with E-state index in [-0.39, 0.29) is 12.3 Å². The third-order valence-corrected chi connectivity index (χ3v) is 2.99. The number of nitrogens with two attached hydrogens (primary N) is 1. The van der Waals surface area contributed by atoms with Gasteiger partial charge in [-0.25, -0.2) is 0 Å². The fourth-order valence-electron chi connectivity index (χ4n) is 1.59. The number of nitro groups is 1. The molecular weight excluding hydrogens is 312 g/mol. The second-order valence-electron chi connectivity index (χ2n) is 3.89. The van der Waals surface area contributed by atoms with Crippen LogP contribution in [0.5, 0.6) is 5.75 Å². The Bertz CT molecular complexity index is 617. The minimum absolute atomic E-state index is 0.0262. The van der Waals surface area contributed by atoms with E-state index in [0.29, 0.717) is 21.5 Å². The number of benzene rings is 2. The minimum Gasteiger partial charge on any atom is -0.489 e. The zero-order valence-electron chi connectivity index (χ0n) is 9.88. The largest absolute Gasteiger partial charge is 0.489 e. The first-order chi connectivity index (χ1) is 9.06. The van der Waals surface area contributed by atoms with Gasteiger partial charge in [-0.3, -0.25) is 10.1 Å². The number of halogens is 1. The number of ether oxygens (including phenoxy) is 1. The van der Waals surface area contributed by atoms with Crippen molar-refractivity contribution in [2.24, 2.45) is 0 Å². The molecule has 0 amide bonds. The predicted molar refractivity (Wildman–Crippen MR) is 76.0 cm³/mol. The fourth-order valence-corrected chi connectivity index (χ4v) is 1.94. The molecule has 0 aliphatic rings. The normalized spacial score (nSPS) is 10.2. The molecule has 0 atom stereocenters. The summed E-state index contributed by atoms with van der Waals surface area (Å²) in [5.74, 6) is 0.581. The number of nitrogen functional groups attached to an aromatic ring is 1. The molecule has 0 fully saturated rings. The van der Waals surface area contributed by atoms with Crippen LogP contribution in [0.1, 0.15) is 5.56 Å². The molecule has 2 N–H and O–H groups in total. The van der Waals surface area contributed by atoms with E-state index in [0.717, 1.165) is 0 Å². The molecule has 98 valence electrons. The van der Waals surface area contributed by atoms with Gasteiger partial charge in [-0.2, -0.15) is 0 Å². The Morgan fingerprint density at radius 1 is 1.26 bits per heavy atom. The lowest BCUT2D eigenvalue weighted by Gasteiger charge is -2.07. The van der Waals surface area contributed by atoms with Crippen molar-refractivity contribution in [3.05, 3.63) is 62.6 Å². The molecule has 5 nitrogen and oxygen atoms in total. The van der Waals surface area contributed by atoms with Crippen LogP contribution in [0.25, 0.3) is 0 Å². The van der Waals surface area contributed by atoms with E-state index < -0.39 is 4.92 Å². The highest BCUT2D eigenvalue weighted by molar-refractivity contribution is 9.10. The van der Waals surface area contributed by atoms with Crippen LogP contribution in [-0.4, -0.2) is 4.92 Å². The summed E-state index contributed by atoms with van der Waals surface area (Å²) in [5.41, 5.74) is 6.75. The second kappa shape index (κ2) is 5.71. The summed E-state index contributed by atoms with van der Waals surface area (Å²) in [6, 6.07) is 11.8. The first-order valence-corrected chi connectivity index (χ1v) is 6.27. The van der Waals surface area contributed by atoms with Crippen molar-refractivity contribution in [2.75, 3.05) is 5.73 Å². The van der Waals surface area contributed by atoms with E-state index in [1.807, 2.05) is 0 Å². The fraction of sp³-hybridized carbons (Fsp3) is 0.0769. The Balaban J connectivity index is 2.17. The monoisotopic (exact) mass is 322 g/mol. The van der Waals surface area contributed by atoms with Gasteiger partial charge in [0.15, 0.2) is 0 Å². The molecule has 0 heterocycles. The van der Waals surface area contributed by atoms with Crippen LogP contribution >= 0.6 is 15.9 Å². The number of rotatable bonds is 4. The van der Waals surface area contributed by atoms with Gasteiger partial charge in [0, 0.05) is 22.3 Å². The highest BCUT2D eigenvalue weighted by atomic mass is 79.9. The van der Waals surface area contributed by atoms with Crippen molar-refractivity contribution < 1.29 is 9.66 Å². The smallest absolute Gasteiger partial charge is 0.277 e. The van der Waals surface area contributed by atoms with Crippen molar-refractivity contribution in [1.82, 2.24) is 0 Å². The molecule has 0 aromatic heterocycles. The molecule has 2 aromatic carbocycles. The molecule has 0 saturated heterocycles. The van der Waals surface area contributed by atoms with Gasteiger partial charge in [-0.1, -0.05) is 22.0 Å². The maximum atomic E-state index is 10.9. The lowest BCUT2D eigenvalue weighted by molar-refractivity contribution is -0.385. The first-order valence-electron chi connectivity index (χ1n) is 5.47. The highest BCUT2D eigenvalue weighted by Gasteiger charge is 2.14. The molecule has 6 heteroatoms. The van der Waals surface area contributed by atoms with Crippen LogP contribution in [0.2, 0.25) is 0 Å². The average molecular weight is 323 g/mol. The summed E-state index contributed by atoms with van der Waals surface area (Å²) < 4.78 is 6.16. The maximum absolute atomic E-state index is 10.9. The number of nitrogens with zero attached hydrogens (tertiary/aromatic N) is 1. The van der Waals surface area contributed by atoms with Crippen LogP contribution in [0, 0.1) is 10.1 Å². The SMILES string of the molecule is Nc1cccc(OCc2ccc(Br)cc2[N+](=O)[O-])c1. The highest BCUT2D eigenvalue weighted by Crippen LogP contribution is 2.25. The van der Waals surface area contributed by atoms with E-state index in [2.05, 4.69) is 15.9 Å². The summed E-state index contributed by atoms with van der Waals surface area (Å²) in [7, 11) is 0. The molecule has 0 spiro atoms. The van der Waals surface area contributed by atoms with Gasteiger partial charge in [-0.05, 0) is 24.3 Å². The van der Waals surface area contributed by atoms with Crippen molar-refractivity contribution in [3.8, 4) is 5.75 Å². The zero-order valence-corrected chi connectivity index (χ0v) is 11.5. The van der Waals surface area contributed by atoms with Gasteiger partial charge in [0.2, 0.25) is 0 Å². The van der Waals surface area contributed by atoms with Crippen LogP contribution < -0.4 is 10.5 Å². The minimum atomic E-state index is -0.428. The van der Waals surface area contributed by atoms with Crippen LogP contribution in [0.3, 0.4) is 0 Å². The average Bonchev–Trinajstić information content (AvgIpc) is 2.37. The van der Waals surface area contributed by atoms with E-state index >= 15 is 0 Å². The Labute approximate surface area is 118 Å². The second-order valence-corrected chi connectivity index (χ2v) is 4.81. The molecule has 19 heavy (non-hydrogen) atoms. The molecule has 0 bridgehead atoms. The Hall–Kier alpha value is -2.08. The van der Waals surface area contributed by atoms with Gasteiger partial charge in [0.25, 0.3) is 5.69 Å². The van der Waals surface area contributed by atoms with E-state index in [4.69, 9.17) is 10.5 Å². The van der Waals surface area contributed by atoms with E-state index in [9.17, 15) is 10.1 Å². The summed E-state index contributed by atoms with van der Waals surface area (Å²) >= 11 is 3.21. The standard InChI is InChI=1S/C13H11BrN2O3/c14-10-5-4-9(13(6-10)16(17)18)8-19-12-3-1-2-11(15)7-12/h1-7H,8,15H2. The maximum Gasteiger partial charge on any atom is 0.277 e. The van der Waals surface area contributed by atoms with Crippen LogP contribution in [0.4, 0.5) is 11.4 Å². The van der Waals surface area contributed by atoms with Gasteiger partial charge in [-0.15, -0.1) is 0 Å². The Kier molecular flexibility index (Phi) is 4.01. The molecule has 0 aliphatic heterocycles. The summed E-state index contributed by atoms with van der Waals surface area (Å²) in [6.07, 6.45) is 0. The van der Waals surface area contributed by atoms with Gasteiger partial charge < -0.3 is 10.5 Å². The summed E-state index contributed by atoms with van der Waals surface area (Å²) in [5, 5.41) is 10.9. The summed E-state index contributed by atoms with van der Waals surface area (Å²) in [6.45, 7) is 0.118. The molecule has 2 rings (SSSR count). The number of hydrogen-bond acceptors (Lipinski definition) is 4. The lowest BCUT2D eigenvalue weighted by atomic mass is 10.2. The van der Waals surface area contributed by atoms with Crippen LogP contribution in [0.15, 0.2) is 46.9 Å². The first kappa shape index (κ1) is 13.4. The molecule has 0 saturated carbocycles. The molecular formula is C13H11BrN2O3. The van der Waals surface area contributed by atoms with E-state index in [1.165, 1.54) is 6.07 Å². The van der Waals surface area contributed by atoms with Crippen molar-refractivity contribution in [3.63, 3.8) is 0 Å². The van der Waals surface area contributed by atoms with Gasteiger partial charge in [0.1, 0.15) is 12.4 Å². The van der Waals surface area contributed by atoms with E-state index in [1.54, 1.807) is 36.4 Å². The van der Waals surface area contributed by atoms with Crippen LogP contribution in [-0.2, 0) is 6.61 Å². The molecule has 0 unspecified atom stereocenters. The number of hydrogen-bond donors (Lipinski definition) is 1. The third kappa shape index (κ3) is 3.45. The van der Waals surface area contributed by atoms with Crippen molar-refractivity contribution in [1.29, 1.82) is 0 Å². The lowest BCUT2D eigenvalue weighted by Crippen LogP contribution is -2.01. The molecule has 0 aliphatic carbocycles.